The van der Waals surface area contributed by atoms with Crippen LogP contribution < -0.4 is 11.1 Å². The number of hydrogen-bond acceptors (Lipinski definition) is 8. The molecule has 9 nitrogen and oxygen atoms in total. The summed E-state index contributed by atoms with van der Waals surface area (Å²) < 4.78 is 5.69. The normalized spacial score (nSPS) is 12.2. The molecule has 0 unspecified atom stereocenters. The molecular weight excluding hydrogens is 300 g/mol. The van der Waals surface area contributed by atoms with E-state index in [-0.39, 0.29) is 23.4 Å². The SMILES string of the molecule is C[C@H](CNc1ncc([N+](=O)[O-])c(N)n1)c1nc2ccccc2o1. The number of oxazole rings is 1. The lowest BCUT2D eigenvalue weighted by molar-refractivity contribution is -0.384. The molecule has 118 valence electrons. The molecule has 3 aromatic rings. The van der Waals surface area contributed by atoms with Gasteiger partial charge in [0.05, 0.1) is 10.8 Å². The van der Waals surface area contributed by atoms with E-state index in [1.165, 1.54) is 0 Å². The molecule has 0 spiro atoms. The summed E-state index contributed by atoms with van der Waals surface area (Å²) in [7, 11) is 0. The fraction of sp³-hybridized carbons (Fsp3) is 0.214. The maximum absolute atomic E-state index is 10.7. The van der Waals surface area contributed by atoms with Crippen molar-refractivity contribution in [1.29, 1.82) is 0 Å². The zero-order valence-corrected chi connectivity index (χ0v) is 12.3. The molecule has 2 aromatic heterocycles. The Bertz CT molecular complexity index is 830. The molecule has 9 heteroatoms. The van der Waals surface area contributed by atoms with Crippen LogP contribution in [0.5, 0.6) is 0 Å². The van der Waals surface area contributed by atoms with E-state index < -0.39 is 4.92 Å². The molecule has 3 rings (SSSR count). The Morgan fingerprint density at radius 3 is 2.87 bits per heavy atom. The van der Waals surface area contributed by atoms with Gasteiger partial charge in [-0.1, -0.05) is 19.1 Å². The quantitative estimate of drug-likeness (QED) is 0.541. The lowest BCUT2D eigenvalue weighted by Gasteiger charge is -2.09. The number of fused-ring (bicyclic) bond motifs is 1. The zero-order valence-electron chi connectivity index (χ0n) is 12.3. The standard InChI is InChI=1S/C14H14N6O3/c1-8(13-18-9-4-2-3-5-11(9)23-13)6-16-14-17-7-10(20(21)22)12(15)19-14/h2-5,7-8H,6H2,1H3,(H3,15,16,17,19)/t8-/m1/s1. The first kappa shape index (κ1) is 14.7. The van der Waals surface area contributed by atoms with E-state index in [1.54, 1.807) is 0 Å². The molecule has 0 radical (unpaired) electrons. The molecule has 3 N–H and O–H groups in total. The summed E-state index contributed by atoms with van der Waals surface area (Å²) >= 11 is 0. The third kappa shape index (κ3) is 3.03. The number of benzene rings is 1. The number of nitrogens with one attached hydrogen (secondary N) is 1. The van der Waals surface area contributed by atoms with Crippen molar-refractivity contribution in [3.63, 3.8) is 0 Å². The second-order valence-electron chi connectivity index (χ2n) is 5.02. The monoisotopic (exact) mass is 314 g/mol. The highest BCUT2D eigenvalue weighted by atomic mass is 16.6. The van der Waals surface area contributed by atoms with Gasteiger partial charge in [0.1, 0.15) is 11.7 Å². The lowest BCUT2D eigenvalue weighted by Crippen LogP contribution is -2.13. The Labute approximate surface area is 130 Å². The van der Waals surface area contributed by atoms with E-state index in [0.717, 1.165) is 17.3 Å². The van der Waals surface area contributed by atoms with Crippen LogP contribution in [0.3, 0.4) is 0 Å². The minimum atomic E-state index is -0.625. The Hall–Kier alpha value is -3.23. The first-order valence-corrected chi connectivity index (χ1v) is 6.91. The number of anilines is 2. The van der Waals surface area contributed by atoms with Crippen molar-refractivity contribution < 1.29 is 9.34 Å². The van der Waals surface area contributed by atoms with Crippen LogP contribution >= 0.6 is 0 Å². The summed E-state index contributed by atoms with van der Waals surface area (Å²) in [6, 6.07) is 7.51. The maximum Gasteiger partial charge on any atom is 0.329 e. The molecule has 0 amide bonds. The molecular formula is C14H14N6O3. The number of nitrogens with two attached hydrogens (primary N) is 1. The van der Waals surface area contributed by atoms with Crippen molar-refractivity contribution in [1.82, 2.24) is 15.0 Å². The van der Waals surface area contributed by atoms with Gasteiger partial charge < -0.3 is 15.5 Å². The molecule has 1 atom stereocenters. The molecule has 2 heterocycles. The van der Waals surface area contributed by atoms with E-state index in [2.05, 4.69) is 20.3 Å². The van der Waals surface area contributed by atoms with E-state index in [1.807, 2.05) is 31.2 Å². The number of rotatable bonds is 5. The first-order valence-electron chi connectivity index (χ1n) is 6.91. The van der Waals surface area contributed by atoms with E-state index in [9.17, 15) is 10.1 Å². The molecule has 0 saturated heterocycles. The van der Waals surface area contributed by atoms with E-state index in [0.29, 0.717) is 12.4 Å². The highest BCUT2D eigenvalue weighted by Crippen LogP contribution is 2.22. The average molecular weight is 314 g/mol. The Balaban J connectivity index is 1.70. The number of hydrogen-bond donors (Lipinski definition) is 2. The molecule has 0 bridgehead atoms. The van der Waals surface area contributed by atoms with Gasteiger partial charge in [0.15, 0.2) is 11.5 Å². The smallest absolute Gasteiger partial charge is 0.329 e. The van der Waals surface area contributed by atoms with Crippen LogP contribution in [0.15, 0.2) is 34.9 Å². The Morgan fingerprint density at radius 2 is 2.17 bits per heavy atom. The number of para-hydroxylation sites is 2. The van der Waals surface area contributed by atoms with Crippen molar-refractivity contribution in [2.24, 2.45) is 0 Å². The van der Waals surface area contributed by atoms with Gasteiger partial charge in [-0.2, -0.15) is 4.98 Å². The van der Waals surface area contributed by atoms with Gasteiger partial charge in [0, 0.05) is 6.54 Å². The van der Waals surface area contributed by atoms with Crippen molar-refractivity contribution in [2.45, 2.75) is 12.8 Å². The summed E-state index contributed by atoms with van der Waals surface area (Å²) in [4.78, 5) is 22.2. The average Bonchev–Trinajstić information content (AvgIpc) is 2.96. The second-order valence-corrected chi connectivity index (χ2v) is 5.02. The van der Waals surface area contributed by atoms with Gasteiger partial charge in [0.25, 0.3) is 0 Å². The third-order valence-electron chi connectivity index (χ3n) is 3.29. The van der Waals surface area contributed by atoms with Gasteiger partial charge >= 0.3 is 5.69 Å². The molecule has 0 saturated carbocycles. The largest absolute Gasteiger partial charge is 0.440 e. The highest BCUT2D eigenvalue weighted by molar-refractivity contribution is 5.72. The molecule has 0 aliphatic heterocycles. The van der Waals surface area contributed by atoms with Gasteiger partial charge in [-0.3, -0.25) is 10.1 Å². The van der Waals surface area contributed by atoms with Crippen molar-refractivity contribution in [3.8, 4) is 0 Å². The minimum absolute atomic E-state index is 0.0394. The Morgan fingerprint density at radius 1 is 1.39 bits per heavy atom. The van der Waals surface area contributed by atoms with E-state index >= 15 is 0 Å². The summed E-state index contributed by atoms with van der Waals surface area (Å²) in [6.45, 7) is 2.39. The van der Waals surface area contributed by atoms with Crippen LogP contribution in [-0.4, -0.2) is 26.4 Å². The predicted octanol–water partition coefficient (Wildman–Crippen LogP) is 2.32. The van der Waals surface area contributed by atoms with Crippen LogP contribution in [0.1, 0.15) is 18.7 Å². The fourth-order valence-electron chi connectivity index (χ4n) is 2.05. The maximum atomic E-state index is 10.7. The zero-order chi connectivity index (χ0) is 16.4. The molecule has 0 fully saturated rings. The van der Waals surface area contributed by atoms with Gasteiger partial charge in [0.2, 0.25) is 11.8 Å². The highest BCUT2D eigenvalue weighted by Gasteiger charge is 2.16. The van der Waals surface area contributed by atoms with E-state index in [4.69, 9.17) is 10.2 Å². The molecule has 0 aliphatic rings. The van der Waals surface area contributed by atoms with Crippen LogP contribution in [0.4, 0.5) is 17.5 Å². The summed E-state index contributed by atoms with van der Waals surface area (Å²) in [6.07, 6.45) is 1.08. The van der Waals surface area contributed by atoms with Gasteiger partial charge in [-0.05, 0) is 12.1 Å². The second kappa shape index (κ2) is 5.87. The molecule has 1 aromatic carbocycles. The topological polar surface area (TPSA) is 133 Å². The van der Waals surface area contributed by atoms with Crippen molar-refractivity contribution in [2.75, 3.05) is 17.6 Å². The van der Waals surface area contributed by atoms with Crippen LogP contribution in [0.25, 0.3) is 11.1 Å². The fourth-order valence-corrected chi connectivity index (χ4v) is 2.05. The van der Waals surface area contributed by atoms with Crippen LogP contribution in [0.2, 0.25) is 0 Å². The number of nitro groups is 1. The summed E-state index contributed by atoms with van der Waals surface area (Å²) in [5.41, 5.74) is 6.73. The van der Waals surface area contributed by atoms with Gasteiger partial charge in [-0.25, -0.2) is 9.97 Å². The van der Waals surface area contributed by atoms with Crippen LogP contribution in [-0.2, 0) is 0 Å². The number of nitrogens with zero attached hydrogens (tertiary/aromatic N) is 4. The van der Waals surface area contributed by atoms with Crippen molar-refractivity contribution in [3.05, 3.63) is 46.5 Å². The molecule has 23 heavy (non-hydrogen) atoms. The predicted molar refractivity (Wildman–Crippen MR) is 84.0 cm³/mol. The third-order valence-corrected chi connectivity index (χ3v) is 3.29. The van der Waals surface area contributed by atoms with Gasteiger partial charge in [-0.15, -0.1) is 0 Å². The number of aromatic nitrogens is 3. The summed E-state index contributed by atoms with van der Waals surface area (Å²) in [5.74, 6) is 0.592. The summed E-state index contributed by atoms with van der Waals surface area (Å²) in [5, 5.41) is 13.6. The Kier molecular flexibility index (Phi) is 3.75. The lowest BCUT2D eigenvalue weighted by atomic mass is 10.2. The minimum Gasteiger partial charge on any atom is -0.440 e. The number of nitrogen functional groups attached to an aromatic ring is 1. The molecule has 0 aliphatic carbocycles. The van der Waals surface area contributed by atoms with Crippen molar-refractivity contribution >= 4 is 28.6 Å². The van der Waals surface area contributed by atoms with Crippen LogP contribution in [0, 0.1) is 10.1 Å². The first-order chi connectivity index (χ1) is 11.0.